The molecule has 1 saturated heterocycles. The third-order valence-electron chi connectivity index (χ3n) is 6.61. The molecule has 0 bridgehead atoms. The van der Waals surface area contributed by atoms with Crippen molar-refractivity contribution >= 4 is 21.2 Å². The summed E-state index contributed by atoms with van der Waals surface area (Å²) in [5.74, 6) is 0. The Morgan fingerprint density at radius 1 is 0.941 bits per heavy atom. The van der Waals surface area contributed by atoms with Crippen molar-refractivity contribution in [1.29, 1.82) is 0 Å². The molecule has 1 fully saturated rings. The Bertz CT molecular complexity index is 1450. The predicted molar refractivity (Wildman–Crippen MR) is 136 cm³/mol. The molecule has 0 saturated carbocycles. The van der Waals surface area contributed by atoms with Crippen molar-refractivity contribution in [2.24, 2.45) is 0 Å². The molecular weight excluding hydrogens is 446 g/mol. The Balaban J connectivity index is 1.48. The Labute approximate surface area is 200 Å². The van der Waals surface area contributed by atoms with Gasteiger partial charge in [-0.15, -0.1) is 0 Å². The number of benzene rings is 2. The number of nitrogens with one attached hydrogen (secondary N) is 1. The molecule has 5 rings (SSSR count). The minimum absolute atomic E-state index is 0.289. The largest absolute Gasteiger partial charge is 0.364 e. The summed E-state index contributed by atoms with van der Waals surface area (Å²) in [6.07, 6.45) is 6.78. The van der Waals surface area contributed by atoms with Crippen LogP contribution in [0.4, 0.5) is 5.69 Å². The van der Waals surface area contributed by atoms with Gasteiger partial charge in [0.1, 0.15) is 0 Å². The zero-order chi connectivity index (χ0) is 24.0. The molecule has 4 aromatic rings. The molecule has 0 amide bonds. The average Bonchev–Trinajstić information content (AvgIpc) is 3.22. The van der Waals surface area contributed by atoms with Gasteiger partial charge in [-0.2, -0.15) is 5.10 Å². The van der Waals surface area contributed by atoms with Crippen molar-refractivity contribution < 1.29 is 8.42 Å². The average molecular weight is 476 g/mol. The summed E-state index contributed by atoms with van der Waals surface area (Å²) >= 11 is 0. The van der Waals surface area contributed by atoms with E-state index in [1.165, 1.54) is 11.9 Å². The SMILES string of the molecule is Cc1ccc(S(C)(=O)=O)cc1-c1cnn2cc(-c3ccc(N4[C@H](C)CNC[C@@H]4C)cc3)cnc12. The number of aromatic nitrogens is 3. The van der Waals surface area contributed by atoms with E-state index in [1.54, 1.807) is 22.8 Å². The smallest absolute Gasteiger partial charge is 0.175 e. The summed E-state index contributed by atoms with van der Waals surface area (Å²) in [5, 5.41) is 7.99. The van der Waals surface area contributed by atoms with E-state index in [1.807, 2.05) is 25.4 Å². The van der Waals surface area contributed by atoms with E-state index < -0.39 is 9.84 Å². The molecule has 1 aliphatic rings. The van der Waals surface area contributed by atoms with Crippen molar-refractivity contribution in [3.05, 3.63) is 66.6 Å². The van der Waals surface area contributed by atoms with Crippen molar-refractivity contribution in [2.75, 3.05) is 24.2 Å². The quantitative estimate of drug-likeness (QED) is 0.481. The van der Waals surface area contributed by atoms with Gasteiger partial charge in [0.25, 0.3) is 0 Å². The zero-order valence-electron chi connectivity index (χ0n) is 19.9. The van der Waals surface area contributed by atoms with E-state index in [0.29, 0.717) is 17.7 Å². The first kappa shape index (κ1) is 22.6. The normalized spacial score (nSPS) is 19.0. The van der Waals surface area contributed by atoms with Crippen LogP contribution in [0.3, 0.4) is 0 Å². The topological polar surface area (TPSA) is 79.6 Å². The number of piperazine rings is 1. The van der Waals surface area contributed by atoms with Crippen molar-refractivity contribution in [1.82, 2.24) is 19.9 Å². The first-order chi connectivity index (χ1) is 16.2. The Kier molecular flexibility index (Phi) is 5.65. The molecule has 7 nitrogen and oxygen atoms in total. The molecule has 2 aromatic heterocycles. The molecular formula is C26H29N5O2S. The summed E-state index contributed by atoms with van der Waals surface area (Å²) in [5.41, 5.74) is 6.56. The molecule has 0 unspecified atom stereocenters. The van der Waals surface area contributed by atoms with Crippen molar-refractivity contribution in [2.45, 2.75) is 37.8 Å². The standard InChI is InChI=1S/C26H29N5O2S/c1-17-5-10-23(34(4,32)33)11-24(17)25-15-29-30-16-21(14-28-26(25)30)20-6-8-22(9-7-20)31-18(2)12-27-13-19(31)3/h5-11,14-16,18-19,27H,12-13H2,1-4H3/t18-,19+. The van der Waals surface area contributed by atoms with E-state index >= 15 is 0 Å². The van der Waals surface area contributed by atoms with Gasteiger partial charge in [0.05, 0.1) is 11.1 Å². The van der Waals surface area contributed by atoms with E-state index in [2.05, 4.69) is 53.4 Å². The van der Waals surface area contributed by atoms with E-state index in [9.17, 15) is 8.42 Å². The third-order valence-corrected chi connectivity index (χ3v) is 7.72. The molecule has 8 heteroatoms. The van der Waals surface area contributed by atoms with Gasteiger partial charge in [0.15, 0.2) is 15.5 Å². The van der Waals surface area contributed by atoms with Gasteiger partial charge in [-0.3, -0.25) is 0 Å². The fraction of sp³-hybridized carbons (Fsp3) is 0.308. The minimum Gasteiger partial charge on any atom is -0.364 e. The minimum atomic E-state index is -3.30. The zero-order valence-corrected chi connectivity index (χ0v) is 20.7. The van der Waals surface area contributed by atoms with E-state index in [4.69, 9.17) is 4.98 Å². The molecule has 2 atom stereocenters. The predicted octanol–water partition coefficient (Wildman–Crippen LogP) is 3.96. The molecule has 1 N–H and O–H groups in total. The van der Waals surface area contributed by atoms with Gasteiger partial charge >= 0.3 is 0 Å². The first-order valence-electron chi connectivity index (χ1n) is 11.5. The fourth-order valence-corrected chi connectivity index (χ4v) is 5.45. The summed E-state index contributed by atoms with van der Waals surface area (Å²) in [6, 6.07) is 14.7. The maximum absolute atomic E-state index is 12.0. The van der Waals surface area contributed by atoms with Crippen LogP contribution < -0.4 is 10.2 Å². The van der Waals surface area contributed by atoms with Gasteiger partial charge in [0, 0.05) is 60.6 Å². The van der Waals surface area contributed by atoms with Crippen LogP contribution in [0.5, 0.6) is 0 Å². The first-order valence-corrected chi connectivity index (χ1v) is 13.4. The Hall–Kier alpha value is -3.23. The van der Waals surface area contributed by atoms with Crippen LogP contribution in [0.1, 0.15) is 19.4 Å². The molecule has 2 aromatic carbocycles. The summed E-state index contributed by atoms with van der Waals surface area (Å²) < 4.78 is 25.9. The Morgan fingerprint density at radius 2 is 1.65 bits per heavy atom. The highest BCUT2D eigenvalue weighted by Crippen LogP contribution is 2.31. The maximum Gasteiger partial charge on any atom is 0.175 e. The highest BCUT2D eigenvalue weighted by atomic mass is 32.2. The van der Waals surface area contributed by atoms with Crippen LogP contribution in [-0.4, -0.2) is 54.4 Å². The van der Waals surface area contributed by atoms with Crippen LogP contribution in [0.25, 0.3) is 27.9 Å². The van der Waals surface area contributed by atoms with Crippen LogP contribution in [0.2, 0.25) is 0 Å². The summed E-state index contributed by atoms with van der Waals surface area (Å²) in [7, 11) is -3.30. The number of hydrogen-bond acceptors (Lipinski definition) is 6. The number of aryl methyl sites for hydroxylation is 1. The second-order valence-electron chi connectivity index (χ2n) is 9.23. The molecule has 1 aliphatic heterocycles. The third kappa shape index (κ3) is 4.08. The number of sulfone groups is 1. The van der Waals surface area contributed by atoms with E-state index in [0.717, 1.165) is 40.9 Å². The van der Waals surface area contributed by atoms with Crippen LogP contribution in [-0.2, 0) is 9.84 Å². The fourth-order valence-electron chi connectivity index (χ4n) is 4.80. The van der Waals surface area contributed by atoms with Gasteiger partial charge in [-0.25, -0.2) is 17.9 Å². The lowest BCUT2D eigenvalue weighted by Gasteiger charge is -2.41. The van der Waals surface area contributed by atoms with E-state index in [-0.39, 0.29) is 4.90 Å². The Morgan fingerprint density at radius 3 is 2.32 bits per heavy atom. The lowest BCUT2D eigenvalue weighted by atomic mass is 10.0. The van der Waals surface area contributed by atoms with Gasteiger partial charge < -0.3 is 10.2 Å². The van der Waals surface area contributed by atoms with Crippen LogP contribution in [0.15, 0.2) is 66.0 Å². The van der Waals surface area contributed by atoms with Crippen LogP contribution in [0, 0.1) is 6.92 Å². The number of hydrogen-bond donors (Lipinski definition) is 1. The highest BCUT2D eigenvalue weighted by molar-refractivity contribution is 7.90. The summed E-state index contributed by atoms with van der Waals surface area (Å²) in [4.78, 5) is 7.45. The lowest BCUT2D eigenvalue weighted by molar-refractivity contribution is 0.432. The molecule has 0 radical (unpaired) electrons. The van der Waals surface area contributed by atoms with Gasteiger partial charge in [-0.05, 0) is 61.7 Å². The van der Waals surface area contributed by atoms with Crippen LogP contribution >= 0.6 is 0 Å². The second-order valence-corrected chi connectivity index (χ2v) is 11.2. The maximum atomic E-state index is 12.0. The number of nitrogens with zero attached hydrogens (tertiary/aromatic N) is 4. The molecule has 3 heterocycles. The van der Waals surface area contributed by atoms with Crippen molar-refractivity contribution in [3.63, 3.8) is 0 Å². The van der Waals surface area contributed by atoms with Gasteiger partial charge in [-0.1, -0.05) is 18.2 Å². The summed E-state index contributed by atoms with van der Waals surface area (Å²) in [6.45, 7) is 8.43. The van der Waals surface area contributed by atoms with Gasteiger partial charge in [0.2, 0.25) is 0 Å². The molecule has 0 spiro atoms. The lowest BCUT2D eigenvalue weighted by Crippen LogP contribution is -2.55. The monoisotopic (exact) mass is 475 g/mol. The molecule has 176 valence electrons. The second kappa shape index (κ2) is 8.52. The molecule has 0 aliphatic carbocycles. The number of fused-ring (bicyclic) bond motifs is 1. The van der Waals surface area contributed by atoms with Crippen molar-refractivity contribution in [3.8, 4) is 22.3 Å². The number of rotatable bonds is 4. The molecule has 34 heavy (non-hydrogen) atoms. The number of anilines is 1. The highest BCUT2D eigenvalue weighted by Gasteiger charge is 2.24.